The van der Waals surface area contributed by atoms with Crippen LogP contribution >= 0.6 is 0 Å². The Bertz CT molecular complexity index is 474. The van der Waals surface area contributed by atoms with Crippen LogP contribution in [-0.2, 0) is 4.79 Å². The Hall–Kier alpha value is -2.11. The second-order valence-electron chi connectivity index (χ2n) is 4.55. The predicted octanol–water partition coefficient (Wildman–Crippen LogP) is 1.73. The molecule has 20 heavy (non-hydrogen) atoms. The van der Waals surface area contributed by atoms with Crippen LogP contribution in [0.25, 0.3) is 0 Å². The fourth-order valence-electron chi connectivity index (χ4n) is 1.51. The lowest BCUT2D eigenvalue weighted by molar-refractivity contribution is -0.114. The largest absolute Gasteiger partial charge is 0.357 e. The van der Waals surface area contributed by atoms with Crippen LogP contribution in [0.5, 0.6) is 0 Å². The van der Waals surface area contributed by atoms with E-state index in [-0.39, 0.29) is 24.3 Å². The number of aliphatic imine (C=N–C) groups is 1. The summed E-state index contributed by atoms with van der Waals surface area (Å²) in [5, 5.41) is 8.74. The number of halogens is 1. The molecular formula is C14H21FN4O. The molecule has 5 nitrogen and oxygen atoms in total. The molecule has 110 valence electrons. The lowest BCUT2D eigenvalue weighted by Crippen LogP contribution is -2.41. The number of amides is 1. The Kier molecular flexibility index (Phi) is 6.49. The predicted molar refractivity (Wildman–Crippen MR) is 79.3 cm³/mol. The van der Waals surface area contributed by atoms with Gasteiger partial charge in [0.15, 0.2) is 5.96 Å². The Labute approximate surface area is 118 Å². The van der Waals surface area contributed by atoms with Crippen molar-refractivity contribution < 1.29 is 9.18 Å². The van der Waals surface area contributed by atoms with Gasteiger partial charge in [-0.05, 0) is 39.0 Å². The van der Waals surface area contributed by atoms with Gasteiger partial charge in [0.2, 0.25) is 5.91 Å². The van der Waals surface area contributed by atoms with Gasteiger partial charge < -0.3 is 16.0 Å². The fraction of sp³-hybridized carbons (Fsp3) is 0.429. The summed E-state index contributed by atoms with van der Waals surface area (Å²) in [4.78, 5) is 15.9. The quantitative estimate of drug-likeness (QED) is 0.568. The van der Waals surface area contributed by atoms with Crippen molar-refractivity contribution in [2.75, 3.05) is 18.4 Å². The van der Waals surface area contributed by atoms with Crippen LogP contribution in [0.1, 0.15) is 20.8 Å². The van der Waals surface area contributed by atoms with Gasteiger partial charge in [-0.1, -0.05) is 6.07 Å². The molecule has 0 saturated heterocycles. The van der Waals surface area contributed by atoms with Crippen LogP contribution in [0.4, 0.5) is 10.1 Å². The van der Waals surface area contributed by atoms with Crippen LogP contribution in [0.15, 0.2) is 29.3 Å². The molecule has 0 fully saturated rings. The summed E-state index contributed by atoms with van der Waals surface area (Å²) in [5.41, 5.74) is 0.423. The molecule has 0 aromatic heterocycles. The molecule has 0 spiro atoms. The van der Waals surface area contributed by atoms with E-state index in [1.54, 1.807) is 12.1 Å². The van der Waals surface area contributed by atoms with Crippen LogP contribution < -0.4 is 16.0 Å². The van der Waals surface area contributed by atoms with Crippen molar-refractivity contribution >= 4 is 17.6 Å². The molecule has 0 saturated carbocycles. The molecule has 1 aromatic rings. The summed E-state index contributed by atoms with van der Waals surface area (Å²) >= 11 is 0. The number of nitrogens with one attached hydrogen (secondary N) is 3. The van der Waals surface area contributed by atoms with Crippen LogP contribution in [-0.4, -0.2) is 31.0 Å². The molecule has 1 amide bonds. The molecule has 0 aliphatic rings. The highest BCUT2D eigenvalue weighted by molar-refractivity contribution is 5.94. The number of anilines is 1. The number of nitrogens with zero attached hydrogens (tertiary/aromatic N) is 1. The standard InChI is InChI=1S/C14H21FN4O/c1-4-16-14(18-10(2)3)17-9-13(20)19-12-7-5-6-11(15)8-12/h5-8,10H,4,9H2,1-3H3,(H,19,20)(H2,16,17,18). The number of hydrogen-bond acceptors (Lipinski definition) is 2. The first-order valence-electron chi connectivity index (χ1n) is 6.61. The van der Waals surface area contributed by atoms with Crippen molar-refractivity contribution in [3.63, 3.8) is 0 Å². The minimum Gasteiger partial charge on any atom is -0.357 e. The van der Waals surface area contributed by atoms with Gasteiger partial charge in [0.25, 0.3) is 0 Å². The molecule has 1 aromatic carbocycles. The van der Waals surface area contributed by atoms with Crippen molar-refractivity contribution in [3.05, 3.63) is 30.1 Å². The molecule has 0 bridgehead atoms. The van der Waals surface area contributed by atoms with E-state index in [2.05, 4.69) is 20.9 Å². The van der Waals surface area contributed by atoms with E-state index in [9.17, 15) is 9.18 Å². The first-order chi connectivity index (χ1) is 9.51. The second-order valence-corrected chi connectivity index (χ2v) is 4.55. The third kappa shape index (κ3) is 6.17. The Balaban J connectivity index is 2.55. The highest BCUT2D eigenvalue weighted by atomic mass is 19.1. The van der Waals surface area contributed by atoms with E-state index in [0.29, 0.717) is 18.2 Å². The van der Waals surface area contributed by atoms with E-state index < -0.39 is 0 Å². The van der Waals surface area contributed by atoms with E-state index in [0.717, 1.165) is 0 Å². The normalized spacial score (nSPS) is 11.3. The van der Waals surface area contributed by atoms with E-state index in [4.69, 9.17) is 0 Å². The molecule has 3 N–H and O–H groups in total. The van der Waals surface area contributed by atoms with Crippen molar-refractivity contribution in [3.8, 4) is 0 Å². The Morgan fingerprint density at radius 3 is 2.75 bits per heavy atom. The average Bonchev–Trinajstić information content (AvgIpc) is 2.35. The third-order valence-corrected chi connectivity index (χ3v) is 2.26. The molecule has 6 heteroatoms. The van der Waals surface area contributed by atoms with Crippen molar-refractivity contribution in [1.82, 2.24) is 10.6 Å². The summed E-state index contributed by atoms with van der Waals surface area (Å²) in [7, 11) is 0. The minimum atomic E-state index is -0.388. The Morgan fingerprint density at radius 2 is 2.15 bits per heavy atom. The molecule has 0 heterocycles. The topological polar surface area (TPSA) is 65.5 Å². The highest BCUT2D eigenvalue weighted by Crippen LogP contribution is 2.08. The maximum Gasteiger partial charge on any atom is 0.246 e. The minimum absolute atomic E-state index is 0.0292. The van der Waals surface area contributed by atoms with Crippen molar-refractivity contribution in [1.29, 1.82) is 0 Å². The molecule has 1 rings (SSSR count). The molecule has 0 atom stereocenters. The maximum atomic E-state index is 13.0. The molecular weight excluding hydrogens is 259 g/mol. The molecule has 0 aliphatic heterocycles. The summed E-state index contributed by atoms with van der Waals surface area (Å²) in [5.74, 6) is -0.102. The number of hydrogen-bond donors (Lipinski definition) is 3. The van der Waals surface area contributed by atoms with E-state index in [1.165, 1.54) is 12.1 Å². The number of carbonyl (C=O) groups is 1. The lowest BCUT2D eigenvalue weighted by Gasteiger charge is -2.13. The number of guanidine groups is 1. The molecule has 0 radical (unpaired) electrons. The van der Waals surface area contributed by atoms with Gasteiger partial charge in [-0.3, -0.25) is 4.79 Å². The first-order valence-corrected chi connectivity index (χ1v) is 6.61. The van der Waals surface area contributed by atoms with Gasteiger partial charge in [-0.2, -0.15) is 0 Å². The van der Waals surface area contributed by atoms with Crippen LogP contribution in [0.3, 0.4) is 0 Å². The first kappa shape index (κ1) is 15.9. The van der Waals surface area contributed by atoms with Gasteiger partial charge in [0, 0.05) is 18.3 Å². The van der Waals surface area contributed by atoms with Gasteiger partial charge in [0.05, 0.1) is 0 Å². The summed E-state index contributed by atoms with van der Waals surface area (Å²) in [6, 6.07) is 5.98. The highest BCUT2D eigenvalue weighted by Gasteiger charge is 2.04. The fourth-order valence-corrected chi connectivity index (χ4v) is 1.51. The molecule has 0 unspecified atom stereocenters. The molecule has 0 aliphatic carbocycles. The zero-order valence-corrected chi connectivity index (χ0v) is 12.0. The summed E-state index contributed by atoms with van der Waals surface area (Å²) in [6.45, 7) is 6.60. The Morgan fingerprint density at radius 1 is 1.40 bits per heavy atom. The summed E-state index contributed by atoms with van der Waals surface area (Å²) < 4.78 is 13.0. The maximum absolute atomic E-state index is 13.0. The van der Waals surface area contributed by atoms with Gasteiger partial charge in [-0.15, -0.1) is 0 Å². The van der Waals surface area contributed by atoms with Gasteiger partial charge in [-0.25, -0.2) is 9.38 Å². The van der Waals surface area contributed by atoms with E-state index >= 15 is 0 Å². The summed E-state index contributed by atoms with van der Waals surface area (Å²) in [6.07, 6.45) is 0. The van der Waals surface area contributed by atoms with Crippen LogP contribution in [0.2, 0.25) is 0 Å². The lowest BCUT2D eigenvalue weighted by atomic mass is 10.3. The van der Waals surface area contributed by atoms with Crippen molar-refractivity contribution in [2.24, 2.45) is 4.99 Å². The van der Waals surface area contributed by atoms with Gasteiger partial charge in [0.1, 0.15) is 12.4 Å². The number of benzene rings is 1. The monoisotopic (exact) mass is 280 g/mol. The number of rotatable bonds is 5. The SMILES string of the molecule is CCNC(=NCC(=O)Nc1cccc(F)c1)NC(C)C. The average molecular weight is 280 g/mol. The van der Waals surface area contributed by atoms with Gasteiger partial charge >= 0.3 is 0 Å². The zero-order chi connectivity index (χ0) is 15.0. The zero-order valence-electron chi connectivity index (χ0n) is 12.0. The number of carbonyl (C=O) groups excluding carboxylic acids is 1. The van der Waals surface area contributed by atoms with Crippen LogP contribution in [0, 0.1) is 5.82 Å². The smallest absolute Gasteiger partial charge is 0.246 e. The van der Waals surface area contributed by atoms with E-state index in [1.807, 2.05) is 20.8 Å². The van der Waals surface area contributed by atoms with Crippen molar-refractivity contribution in [2.45, 2.75) is 26.8 Å². The second kappa shape index (κ2) is 8.14. The third-order valence-electron chi connectivity index (χ3n) is 2.26.